The number of aryl methyl sites for hydroxylation is 1. The maximum atomic E-state index is 12.7. The van der Waals surface area contributed by atoms with Crippen molar-refractivity contribution in [1.29, 1.82) is 0 Å². The number of anilines is 1. The Morgan fingerprint density at radius 3 is 2.70 bits per heavy atom. The average molecular weight is 382 g/mol. The highest BCUT2D eigenvalue weighted by molar-refractivity contribution is 7.15. The van der Waals surface area contributed by atoms with E-state index in [4.69, 9.17) is 5.73 Å². The van der Waals surface area contributed by atoms with Crippen LogP contribution in [0.2, 0.25) is 0 Å². The number of hydrogen-bond donors (Lipinski definition) is 4. The molecule has 1 saturated heterocycles. The van der Waals surface area contributed by atoms with Crippen LogP contribution in [0.3, 0.4) is 0 Å². The number of thiophene rings is 1. The first-order valence-corrected chi connectivity index (χ1v) is 9.63. The molecule has 1 aromatic heterocycles. The van der Waals surface area contributed by atoms with Gasteiger partial charge in [-0.25, -0.2) is 4.79 Å². The van der Waals surface area contributed by atoms with Crippen LogP contribution in [-0.4, -0.2) is 31.1 Å². The van der Waals surface area contributed by atoms with Crippen LogP contribution in [0.25, 0.3) is 0 Å². The third-order valence-electron chi connectivity index (χ3n) is 4.21. The van der Waals surface area contributed by atoms with E-state index in [1.165, 1.54) is 16.9 Å². The molecule has 3 amide bonds. The number of carbonyl (C=O) groups excluding carboxylic acids is 2. The summed E-state index contributed by atoms with van der Waals surface area (Å²) in [6.07, 6.45) is 1.96. The summed E-state index contributed by atoms with van der Waals surface area (Å²) in [5, 5.41) is 8.80. The number of benzene rings is 1. The molecule has 2 aromatic rings. The average Bonchev–Trinajstić information content (AvgIpc) is 3.04. The fourth-order valence-corrected chi connectivity index (χ4v) is 3.71. The third-order valence-corrected chi connectivity index (χ3v) is 5.26. The number of rotatable bonds is 3. The predicted octanol–water partition coefficient (Wildman–Crippen LogP) is 2.43. The van der Waals surface area contributed by atoms with Crippen LogP contribution in [0.5, 0.6) is 0 Å². The molecule has 0 unspecified atom stereocenters. The topological polar surface area (TPSA) is 96.2 Å². The van der Waals surface area contributed by atoms with Crippen molar-refractivity contribution in [1.82, 2.24) is 10.6 Å². The van der Waals surface area contributed by atoms with Gasteiger partial charge in [0.05, 0.1) is 10.6 Å². The molecular formula is C20H22N4O2S. The van der Waals surface area contributed by atoms with Gasteiger partial charge in [-0.15, -0.1) is 11.3 Å². The predicted molar refractivity (Wildman–Crippen MR) is 108 cm³/mol. The maximum Gasteiger partial charge on any atom is 0.316 e. The summed E-state index contributed by atoms with van der Waals surface area (Å²) in [6, 6.07) is 8.94. The Morgan fingerprint density at radius 2 is 2.04 bits per heavy atom. The zero-order valence-electron chi connectivity index (χ0n) is 15.1. The lowest BCUT2D eigenvalue weighted by atomic mass is 10.1. The van der Waals surface area contributed by atoms with Gasteiger partial charge in [-0.2, -0.15) is 0 Å². The van der Waals surface area contributed by atoms with E-state index in [1.807, 2.05) is 31.2 Å². The van der Waals surface area contributed by atoms with E-state index in [-0.39, 0.29) is 11.9 Å². The first-order chi connectivity index (χ1) is 13.0. The first-order valence-electron chi connectivity index (χ1n) is 8.82. The van der Waals surface area contributed by atoms with Crippen molar-refractivity contribution in [2.45, 2.75) is 25.8 Å². The highest BCUT2D eigenvalue weighted by atomic mass is 32.1. The summed E-state index contributed by atoms with van der Waals surface area (Å²) >= 11 is 1.24. The molecule has 6 nitrogen and oxygen atoms in total. The van der Waals surface area contributed by atoms with E-state index in [0.29, 0.717) is 15.4 Å². The smallest absolute Gasteiger partial charge is 0.316 e. The molecule has 1 aromatic carbocycles. The zero-order valence-corrected chi connectivity index (χ0v) is 15.9. The Hall–Kier alpha value is -2.82. The standard InChI is InChI=1S/C20H22N4O2S/c1-13-4-6-14(7-5-13)8-9-16-11-17(24-20(21)26)18(27-16)19(25)23-15-3-2-10-22-12-15/h4-7,11,15,22H,2-3,10,12H2,1H3,(H,23,25)(H3,21,24,26)/t15-/m0/s1. The molecule has 0 bridgehead atoms. The molecule has 7 heteroatoms. The van der Waals surface area contributed by atoms with E-state index < -0.39 is 6.03 Å². The van der Waals surface area contributed by atoms with Gasteiger partial charge in [0, 0.05) is 18.2 Å². The van der Waals surface area contributed by atoms with Crippen molar-refractivity contribution in [3.8, 4) is 11.8 Å². The van der Waals surface area contributed by atoms with Gasteiger partial charge in [0.25, 0.3) is 5.91 Å². The summed E-state index contributed by atoms with van der Waals surface area (Å²) in [6.45, 7) is 3.74. The van der Waals surface area contributed by atoms with Crippen molar-refractivity contribution in [2.24, 2.45) is 5.73 Å². The molecule has 1 atom stereocenters. The van der Waals surface area contributed by atoms with Gasteiger partial charge in [-0.3, -0.25) is 4.79 Å². The molecule has 0 spiro atoms. The number of hydrogen-bond acceptors (Lipinski definition) is 4. The van der Waals surface area contributed by atoms with Crippen molar-refractivity contribution in [2.75, 3.05) is 18.4 Å². The van der Waals surface area contributed by atoms with Gasteiger partial charge < -0.3 is 21.7 Å². The van der Waals surface area contributed by atoms with Gasteiger partial charge in [0.2, 0.25) is 0 Å². The van der Waals surface area contributed by atoms with Gasteiger partial charge in [0.1, 0.15) is 4.88 Å². The number of piperidine rings is 1. The Bertz CT molecular complexity index is 887. The van der Waals surface area contributed by atoms with Gasteiger partial charge in [-0.1, -0.05) is 29.5 Å². The Kier molecular flexibility index (Phi) is 6.12. The summed E-state index contributed by atoms with van der Waals surface area (Å²) in [5.41, 5.74) is 7.69. The normalized spacial score (nSPS) is 16.1. The fraction of sp³-hybridized carbons (Fsp3) is 0.300. The second kappa shape index (κ2) is 8.71. The van der Waals surface area contributed by atoms with Crippen molar-refractivity contribution in [3.05, 3.63) is 51.2 Å². The molecule has 0 radical (unpaired) electrons. The summed E-state index contributed by atoms with van der Waals surface area (Å²) in [7, 11) is 0. The number of carbonyl (C=O) groups is 2. The lowest BCUT2D eigenvalue weighted by Gasteiger charge is -2.23. The lowest BCUT2D eigenvalue weighted by molar-refractivity contribution is 0.0935. The third kappa shape index (κ3) is 5.33. The highest BCUT2D eigenvalue weighted by Crippen LogP contribution is 2.27. The number of nitrogens with one attached hydrogen (secondary N) is 3. The van der Waals surface area contributed by atoms with Gasteiger partial charge >= 0.3 is 6.03 Å². The molecule has 2 heterocycles. The molecule has 1 aliphatic heterocycles. The number of primary amides is 1. The Balaban J connectivity index is 1.81. The highest BCUT2D eigenvalue weighted by Gasteiger charge is 2.21. The SMILES string of the molecule is Cc1ccc(C#Cc2cc(NC(N)=O)c(C(=O)N[C@H]3CCCNC3)s2)cc1. The number of amides is 3. The molecule has 27 heavy (non-hydrogen) atoms. The van der Waals surface area contributed by atoms with Crippen molar-refractivity contribution >= 4 is 29.0 Å². The van der Waals surface area contributed by atoms with E-state index in [2.05, 4.69) is 27.8 Å². The van der Waals surface area contributed by atoms with E-state index in [9.17, 15) is 9.59 Å². The lowest BCUT2D eigenvalue weighted by Crippen LogP contribution is -2.45. The molecule has 5 N–H and O–H groups in total. The van der Waals surface area contributed by atoms with E-state index in [1.54, 1.807) is 6.07 Å². The molecule has 1 fully saturated rings. The minimum absolute atomic E-state index is 0.0804. The Morgan fingerprint density at radius 1 is 1.26 bits per heavy atom. The fourth-order valence-electron chi connectivity index (χ4n) is 2.84. The summed E-state index contributed by atoms with van der Waals surface area (Å²) in [4.78, 5) is 25.1. The van der Waals surface area contributed by atoms with Crippen molar-refractivity contribution < 1.29 is 9.59 Å². The molecule has 1 aliphatic rings. The van der Waals surface area contributed by atoms with Crippen molar-refractivity contribution in [3.63, 3.8) is 0 Å². The van der Waals surface area contributed by atoms with Crippen LogP contribution >= 0.6 is 11.3 Å². The second-order valence-corrected chi connectivity index (χ2v) is 7.53. The molecule has 3 rings (SSSR count). The number of urea groups is 1. The van der Waals surface area contributed by atoms with Crippen LogP contribution in [0.15, 0.2) is 30.3 Å². The van der Waals surface area contributed by atoms with Crippen LogP contribution in [0, 0.1) is 18.8 Å². The monoisotopic (exact) mass is 382 g/mol. The molecule has 0 aliphatic carbocycles. The first kappa shape index (κ1) is 19.0. The van der Waals surface area contributed by atoms with Gasteiger partial charge in [0.15, 0.2) is 0 Å². The minimum Gasteiger partial charge on any atom is -0.351 e. The van der Waals surface area contributed by atoms with E-state index >= 15 is 0 Å². The molecular weight excluding hydrogens is 360 g/mol. The van der Waals surface area contributed by atoms with Crippen LogP contribution < -0.4 is 21.7 Å². The van der Waals surface area contributed by atoms with Crippen LogP contribution in [0.1, 0.15) is 38.5 Å². The van der Waals surface area contributed by atoms with E-state index in [0.717, 1.165) is 31.5 Å². The zero-order chi connectivity index (χ0) is 19.2. The van der Waals surface area contributed by atoms with Crippen LogP contribution in [-0.2, 0) is 0 Å². The largest absolute Gasteiger partial charge is 0.351 e. The minimum atomic E-state index is -0.709. The molecule has 140 valence electrons. The van der Waals surface area contributed by atoms with Crippen LogP contribution in [0.4, 0.5) is 10.5 Å². The Labute approximate surface area is 162 Å². The molecule has 0 saturated carbocycles. The van der Waals surface area contributed by atoms with Gasteiger partial charge in [-0.05, 0) is 44.5 Å². The second-order valence-electron chi connectivity index (χ2n) is 6.48. The summed E-state index contributed by atoms with van der Waals surface area (Å²) < 4.78 is 0. The quantitative estimate of drug-likeness (QED) is 0.614. The summed E-state index contributed by atoms with van der Waals surface area (Å²) in [5.74, 6) is 5.91. The maximum absolute atomic E-state index is 12.7. The number of nitrogens with two attached hydrogens (primary N) is 1.